The van der Waals surface area contributed by atoms with Crippen LogP contribution in [0.2, 0.25) is 5.04 Å². The number of rotatable bonds is 6. The Kier molecular flexibility index (Phi) is 5.39. The summed E-state index contributed by atoms with van der Waals surface area (Å²) in [6.07, 6.45) is 0.0184. The van der Waals surface area contributed by atoms with E-state index in [1.165, 1.54) is 10.4 Å². The summed E-state index contributed by atoms with van der Waals surface area (Å²) < 4.78 is 6.44. The van der Waals surface area contributed by atoms with Crippen LogP contribution in [0.1, 0.15) is 27.2 Å². The van der Waals surface area contributed by atoms with Crippen molar-refractivity contribution in [3.8, 4) is 0 Å². The van der Waals surface area contributed by atoms with E-state index < -0.39 is 14.3 Å². The van der Waals surface area contributed by atoms with E-state index in [0.717, 1.165) is 0 Å². The predicted octanol–water partition coefficient (Wildman–Crippen LogP) is 3.04. The molecule has 4 heteroatoms. The number of hydrogen-bond donors (Lipinski definition) is 1. The molecule has 0 saturated heterocycles. The van der Waals surface area contributed by atoms with Crippen LogP contribution in [0.25, 0.3) is 0 Å². The van der Waals surface area contributed by atoms with Crippen molar-refractivity contribution in [2.45, 2.75) is 32.2 Å². The van der Waals surface area contributed by atoms with Gasteiger partial charge in [-0.3, -0.25) is 4.79 Å². The lowest BCUT2D eigenvalue weighted by molar-refractivity contribution is -0.137. The second-order valence-electron chi connectivity index (χ2n) is 6.66. The highest BCUT2D eigenvalue weighted by atomic mass is 28.4. The van der Waals surface area contributed by atoms with Gasteiger partial charge in [0, 0.05) is 6.61 Å². The van der Waals surface area contributed by atoms with E-state index in [-0.39, 0.29) is 18.1 Å². The lowest BCUT2D eigenvalue weighted by atomic mass is 10.2. The Morgan fingerprint density at radius 3 is 1.74 bits per heavy atom. The van der Waals surface area contributed by atoms with Crippen LogP contribution in [0.3, 0.4) is 0 Å². The highest BCUT2D eigenvalue weighted by molar-refractivity contribution is 6.99. The Morgan fingerprint density at radius 2 is 1.39 bits per heavy atom. The zero-order valence-corrected chi connectivity index (χ0v) is 15.0. The van der Waals surface area contributed by atoms with Crippen molar-refractivity contribution in [3.63, 3.8) is 0 Å². The fourth-order valence-electron chi connectivity index (χ4n) is 3.05. The molecule has 0 aliphatic rings. The maximum absolute atomic E-state index is 10.9. The van der Waals surface area contributed by atoms with Gasteiger partial charge >= 0.3 is 5.97 Å². The minimum absolute atomic E-state index is 0.0184. The first-order valence-corrected chi connectivity index (χ1v) is 9.75. The Morgan fingerprint density at radius 1 is 0.957 bits per heavy atom. The standard InChI is InChI=1S/C19H24O3Si/c1-19(2,3)23(22-15-14-18(20)21,16-10-6-4-7-11-16)17-12-8-5-9-13-17/h4-13H,14-15H2,1-3H3,(H,20,21). The Labute approximate surface area is 139 Å². The van der Waals surface area contributed by atoms with Gasteiger partial charge < -0.3 is 9.53 Å². The molecule has 0 unspecified atom stereocenters. The van der Waals surface area contributed by atoms with Gasteiger partial charge in [-0.15, -0.1) is 0 Å². The van der Waals surface area contributed by atoms with Crippen LogP contribution in [-0.2, 0) is 9.22 Å². The molecule has 2 aromatic rings. The molecule has 23 heavy (non-hydrogen) atoms. The molecule has 0 atom stereocenters. The smallest absolute Gasteiger partial charge is 0.305 e. The number of carboxylic acids is 1. The van der Waals surface area contributed by atoms with Crippen molar-refractivity contribution in [3.05, 3.63) is 60.7 Å². The van der Waals surface area contributed by atoms with E-state index in [2.05, 4.69) is 45.0 Å². The largest absolute Gasteiger partial charge is 0.481 e. The molecule has 2 rings (SSSR count). The molecule has 0 fully saturated rings. The van der Waals surface area contributed by atoms with Gasteiger partial charge in [0.25, 0.3) is 8.32 Å². The monoisotopic (exact) mass is 328 g/mol. The number of carboxylic acid groups (broad SMARTS) is 1. The molecular weight excluding hydrogens is 304 g/mol. The summed E-state index contributed by atoms with van der Waals surface area (Å²) in [6.45, 7) is 6.77. The Balaban J connectivity index is 2.57. The first-order chi connectivity index (χ1) is 10.9. The molecule has 0 heterocycles. The third kappa shape index (κ3) is 3.71. The average molecular weight is 328 g/mol. The molecule has 3 nitrogen and oxygen atoms in total. The van der Waals surface area contributed by atoms with Crippen LogP contribution < -0.4 is 10.4 Å². The highest BCUT2D eigenvalue weighted by Crippen LogP contribution is 2.36. The van der Waals surface area contributed by atoms with Crippen molar-refractivity contribution < 1.29 is 14.3 Å². The number of aliphatic carboxylic acids is 1. The first-order valence-electron chi connectivity index (χ1n) is 7.85. The molecule has 0 radical (unpaired) electrons. The molecule has 0 bridgehead atoms. The normalized spacial score (nSPS) is 12.1. The third-order valence-electron chi connectivity index (χ3n) is 4.05. The van der Waals surface area contributed by atoms with Crippen LogP contribution in [0.15, 0.2) is 60.7 Å². The fourth-order valence-corrected chi connectivity index (χ4v) is 7.62. The van der Waals surface area contributed by atoms with Gasteiger partial charge in [-0.1, -0.05) is 81.4 Å². The molecule has 1 N–H and O–H groups in total. The van der Waals surface area contributed by atoms with Crippen LogP contribution >= 0.6 is 0 Å². The van der Waals surface area contributed by atoms with Crippen LogP contribution in [0.4, 0.5) is 0 Å². The third-order valence-corrected chi connectivity index (χ3v) is 9.09. The molecule has 0 aliphatic carbocycles. The van der Waals surface area contributed by atoms with Crippen LogP contribution in [0.5, 0.6) is 0 Å². The summed E-state index contributed by atoms with van der Waals surface area (Å²) in [5.41, 5.74) is 0. The first kappa shape index (κ1) is 17.4. The van der Waals surface area contributed by atoms with E-state index in [0.29, 0.717) is 0 Å². The summed E-state index contributed by atoms with van der Waals surface area (Å²) in [7, 11) is -2.58. The van der Waals surface area contributed by atoms with Crippen molar-refractivity contribution in [1.29, 1.82) is 0 Å². The second kappa shape index (κ2) is 7.11. The highest BCUT2D eigenvalue weighted by Gasteiger charge is 2.50. The maximum atomic E-state index is 10.9. The predicted molar refractivity (Wildman–Crippen MR) is 95.8 cm³/mol. The topological polar surface area (TPSA) is 46.5 Å². The summed E-state index contributed by atoms with van der Waals surface area (Å²) in [6, 6.07) is 20.5. The van der Waals surface area contributed by atoms with Crippen molar-refractivity contribution in [1.82, 2.24) is 0 Å². The minimum Gasteiger partial charge on any atom is -0.481 e. The van der Waals surface area contributed by atoms with E-state index in [4.69, 9.17) is 9.53 Å². The number of hydrogen-bond acceptors (Lipinski definition) is 2. The van der Waals surface area contributed by atoms with Gasteiger partial charge in [0.1, 0.15) is 0 Å². The number of carbonyl (C=O) groups is 1. The molecule has 0 spiro atoms. The second-order valence-corrected chi connectivity index (χ2v) is 11.0. The molecule has 0 amide bonds. The zero-order chi connectivity index (χ0) is 16.9. The summed E-state index contributed by atoms with van der Waals surface area (Å²) in [5, 5.41) is 11.2. The van der Waals surface area contributed by atoms with E-state index in [1.54, 1.807) is 0 Å². The molecule has 2 aromatic carbocycles. The van der Waals surface area contributed by atoms with Crippen molar-refractivity contribution in [2.24, 2.45) is 0 Å². The van der Waals surface area contributed by atoms with Crippen LogP contribution in [-0.4, -0.2) is 26.0 Å². The van der Waals surface area contributed by atoms with Gasteiger partial charge in [-0.2, -0.15) is 0 Å². The van der Waals surface area contributed by atoms with Gasteiger partial charge in [0.2, 0.25) is 0 Å². The van der Waals surface area contributed by atoms with Gasteiger partial charge in [-0.25, -0.2) is 0 Å². The average Bonchev–Trinajstić information content (AvgIpc) is 2.52. The lowest BCUT2D eigenvalue weighted by Gasteiger charge is -2.43. The summed E-state index contributed by atoms with van der Waals surface area (Å²) in [5.74, 6) is -0.831. The van der Waals surface area contributed by atoms with Crippen molar-refractivity contribution in [2.75, 3.05) is 6.61 Å². The molecular formula is C19H24O3Si. The molecule has 0 aromatic heterocycles. The van der Waals surface area contributed by atoms with Crippen molar-refractivity contribution >= 4 is 24.7 Å². The molecule has 0 saturated carbocycles. The Hall–Kier alpha value is -1.91. The van der Waals surface area contributed by atoms with E-state index in [9.17, 15) is 4.79 Å². The lowest BCUT2D eigenvalue weighted by Crippen LogP contribution is -2.66. The molecule has 122 valence electrons. The number of benzene rings is 2. The Bertz CT molecular complexity index is 593. The van der Waals surface area contributed by atoms with E-state index in [1.807, 2.05) is 36.4 Å². The zero-order valence-electron chi connectivity index (χ0n) is 14.0. The summed E-state index contributed by atoms with van der Waals surface area (Å²) >= 11 is 0. The van der Waals surface area contributed by atoms with Gasteiger partial charge in [0.05, 0.1) is 6.42 Å². The van der Waals surface area contributed by atoms with E-state index >= 15 is 0 Å². The fraction of sp³-hybridized carbons (Fsp3) is 0.316. The summed E-state index contributed by atoms with van der Waals surface area (Å²) in [4.78, 5) is 10.9. The molecule has 0 aliphatic heterocycles. The van der Waals surface area contributed by atoms with Gasteiger partial charge in [-0.05, 0) is 15.4 Å². The van der Waals surface area contributed by atoms with Crippen LogP contribution in [0, 0.1) is 0 Å². The van der Waals surface area contributed by atoms with Gasteiger partial charge in [0.15, 0.2) is 0 Å². The maximum Gasteiger partial charge on any atom is 0.305 e. The quantitative estimate of drug-likeness (QED) is 0.829. The minimum atomic E-state index is -2.58. The SMILES string of the molecule is CC(C)(C)[Si](OCCC(=O)O)(c1ccccc1)c1ccccc1.